The van der Waals surface area contributed by atoms with E-state index in [-0.39, 0.29) is 5.78 Å². The number of ketones is 1. The molecule has 0 N–H and O–H groups in total. The summed E-state index contributed by atoms with van der Waals surface area (Å²) < 4.78 is 0. The van der Waals surface area contributed by atoms with Crippen molar-refractivity contribution in [2.75, 3.05) is 13.1 Å². The lowest BCUT2D eigenvalue weighted by Gasteiger charge is -2.32. The first-order valence-electron chi connectivity index (χ1n) is 5.20. The molecule has 0 saturated heterocycles. The maximum Gasteiger partial charge on any atom is 0.166 e. The first-order valence-corrected chi connectivity index (χ1v) is 5.20. The summed E-state index contributed by atoms with van der Waals surface area (Å²) in [7, 11) is 0. The van der Waals surface area contributed by atoms with Crippen LogP contribution in [-0.2, 0) is 4.79 Å². The first kappa shape index (κ1) is 9.59. The van der Waals surface area contributed by atoms with Gasteiger partial charge in [0.15, 0.2) is 5.78 Å². The standard InChI is InChI=1S/C11H16N2O/c1-8(2)13-6-4-9-10(7-13)12-5-3-11(9)14/h5,8H,3-4,6-7H2,1-2H3. The molecule has 0 unspecified atom stereocenters. The molecule has 3 nitrogen and oxygen atoms in total. The fourth-order valence-electron chi connectivity index (χ4n) is 1.99. The van der Waals surface area contributed by atoms with E-state index in [1.165, 1.54) is 0 Å². The number of hydrogen-bond acceptors (Lipinski definition) is 3. The third-order valence-electron chi connectivity index (χ3n) is 2.94. The van der Waals surface area contributed by atoms with Gasteiger partial charge in [-0.05, 0) is 20.3 Å². The Kier molecular flexibility index (Phi) is 2.50. The topological polar surface area (TPSA) is 32.7 Å². The van der Waals surface area contributed by atoms with E-state index < -0.39 is 0 Å². The van der Waals surface area contributed by atoms with Gasteiger partial charge < -0.3 is 0 Å². The lowest BCUT2D eigenvalue weighted by Crippen LogP contribution is -2.38. The highest BCUT2D eigenvalue weighted by Gasteiger charge is 2.25. The molecule has 0 saturated carbocycles. The van der Waals surface area contributed by atoms with Crippen molar-refractivity contribution in [1.29, 1.82) is 0 Å². The van der Waals surface area contributed by atoms with Crippen LogP contribution in [0.3, 0.4) is 0 Å². The maximum absolute atomic E-state index is 11.5. The van der Waals surface area contributed by atoms with Crippen LogP contribution in [0.1, 0.15) is 26.7 Å². The molecule has 0 spiro atoms. The Hall–Kier alpha value is -0.960. The van der Waals surface area contributed by atoms with E-state index in [1.807, 2.05) is 0 Å². The summed E-state index contributed by atoms with van der Waals surface area (Å²) in [5.74, 6) is 0.276. The van der Waals surface area contributed by atoms with Gasteiger partial charge in [0, 0.05) is 37.3 Å². The summed E-state index contributed by atoms with van der Waals surface area (Å²) in [4.78, 5) is 18.2. The highest BCUT2D eigenvalue weighted by molar-refractivity contribution is 6.05. The zero-order valence-corrected chi connectivity index (χ0v) is 8.79. The molecule has 0 aromatic carbocycles. The average Bonchev–Trinajstić information content (AvgIpc) is 2.17. The van der Waals surface area contributed by atoms with Crippen molar-refractivity contribution in [2.24, 2.45) is 4.99 Å². The third-order valence-corrected chi connectivity index (χ3v) is 2.94. The number of rotatable bonds is 1. The van der Waals surface area contributed by atoms with Gasteiger partial charge in [-0.15, -0.1) is 0 Å². The molecule has 76 valence electrons. The zero-order chi connectivity index (χ0) is 10.1. The maximum atomic E-state index is 11.5. The first-order chi connectivity index (χ1) is 6.68. The molecule has 0 aromatic rings. The van der Waals surface area contributed by atoms with Crippen molar-refractivity contribution < 1.29 is 4.79 Å². The van der Waals surface area contributed by atoms with Crippen molar-refractivity contribution in [3.63, 3.8) is 0 Å². The summed E-state index contributed by atoms with van der Waals surface area (Å²) in [6.07, 6.45) is 3.12. The van der Waals surface area contributed by atoms with Crippen molar-refractivity contribution in [1.82, 2.24) is 4.90 Å². The van der Waals surface area contributed by atoms with Crippen molar-refractivity contribution in [3.05, 3.63) is 11.3 Å². The lowest BCUT2D eigenvalue weighted by atomic mass is 9.97. The Morgan fingerprint density at radius 3 is 3.00 bits per heavy atom. The minimum absolute atomic E-state index is 0.276. The number of carbonyl (C=O) groups excluding carboxylic acids is 1. The van der Waals surface area contributed by atoms with Gasteiger partial charge in [0.2, 0.25) is 0 Å². The van der Waals surface area contributed by atoms with E-state index in [4.69, 9.17) is 0 Å². The molecule has 0 radical (unpaired) electrons. The average molecular weight is 192 g/mol. The third kappa shape index (κ3) is 1.64. The summed E-state index contributed by atoms with van der Waals surface area (Å²) in [6.45, 7) is 6.20. The van der Waals surface area contributed by atoms with Gasteiger partial charge >= 0.3 is 0 Å². The molecule has 0 aromatic heterocycles. The van der Waals surface area contributed by atoms with Crippen LogP contribution < -0.4 is 0 Å². The Morgan fingerprint density at radius 1 is 1.50 bits per heavy atom. The minimum Gasteiger partial charge on any atom is -0.295 e. The fourth-order valence-corrected chi connectivity index (χ4v) is 1.99. The molecule has 3 heteroatoms. The number of carbonyl (C=O) groups is 1. The van der Waals surface area contributed by atoms with E-state index >= 15 is 0 Å². The lowest BCUT2D eigenvalue weighted by molar-refractivity contribution is -0.114. The van der Waals surface area contributed by atoms with E-state index in [9.17, 15) is 4.79 Å². The summed E-state index contributed by atoms with van der Waals surface area (Å²) >= 11 is 0. The molecular formula is C11H16N2O. The molecule has 2 heterocycles. The second kappa shape index (κ2) is 3.65. The molecule has 0 fully saturated rings. The second-order valence-corrected chi connectivity index (χ2v) is 4.18. The predicted molar refractivity (Wildman–Crippen MR) is 56.5 cm³/mol. The number of hydrogen-bond donors (Lipinski definition) is 0. The molecular weight excluding hydrogens is 176 g/mol. The number of Topliss-reactive ketones (excluding diaryl/α,β-unsaturated/α-hetero) is 1. The predicted octanol–water partition coefficient (Wildman–Crippen LogP) is 1.40. The zero-order valence-electron chi connectivity index (χ0n) is 8.79. The van der Waals surface area contributed by atoms with Gasteiger partial charge in [0.1, 0.15) is 0 Å². The largest absolute Gasteiger partial charge is 0.295 e. The van der Waals surface area contributed by atoms with Crippen molar-refractivity contribution >= 4 is 12.0 Å². The molecule has 0 atom stereocenters. The van der Waals surface area contributed by atoms with Gasteiger partial charge in [0.05, 0.1) is 5.70 Å². The highest BCUT2D eigenvalue weighted by atomic mass is 16.1. The molecule has 0 amide bonds. The van der Waals surface area contributed by atoms with Crippen LogP contribution in [0.25, 0.3) is 0 Å². The molecule has 0 aliphatic carbocycles. The minimum atomic E-state index is 0.276. The van der Waals surface area contributed by atoms with Gasteiger partial charge in [-0.3, -0.25) is 14.7 Å². The summed E-state index contributed by atoms with van der Waals surface area (Å²) in [5, 5.41) is 0. The van der Waals surface area contributed by atoms with Crippen LogP contribution in [0.5, 0.6) is 0 Å². The van der Waals surface area contributed by atoms with Crippen LogP contribution in [0, 0.1) is 0 Å². The van der Waals surface area contributed by atoms with E-state index in [0.29, 0.717) is 12.5 Å². The van der Waals surface area contributed by atoms with Crippen LogP contribution >= 0.6 is 0 Å². The Labute approximate surface area is 84.5 Å². The summed E-state index contributed by atoms with van der Waals surface area (Å²) in [6, 6.07) is 0.538. The van der Waals surface area contributed by atoms with Crippen LogP contribution in [0.15, 0.2) is 16.3 Å². The van der Waals surface area contributed by atoms with Gasteiger partial charge in [-0.2, -0.15) is 0 Å². The molecule has 0 bridgehead atoms. The smallest absolute Gasteiger partial charge is 0.166 e. The van der Waals surface area contributed by atoms with Crippen LogP contribution in [0.2, 0.25) is 0 Å². The van der Waals surface area contributed by atoms with E-state index in [2.05, 4.69) is 23.7 Å². The van der Waals surface area contributed by atoms with Crippen LogP contribution in [-0.4, -0.2) is 36.0 Å². The fraction of sp³-hybridized carbons (Fsp3) is 0.636. The number of aliphatic imine (C=N–C) groups is 1. The van der Waals surface area contributed by atoms with Gasteiger partial charge in [-0.25, -0.2) is 0 Å². The van der Waals surface area contributed by atoms with Gasteiger partial charge in [-0.1, -0.05) is 0 Å². The Morgan fingerprint density at radius 2 is 2.29 bits per heavy atom. The van der Waals surface area contributed by atoms with Gasteiger partial charge in [0.25, 0.3) is 0 Å². The molecule has 14 heavy (non-hydrogen) atoms. The normalized spacial score (nSPS) is 23.2. The Bertz CT molecular complexity index is 315. The second-order valence-electron chi connectivity index (χ2n) is 4.18. The highest BCUT2D eigenvalue weighted by Crippen LogP contribution is 2.24. The Balaban J connectivity index is 2.19. The van der Waals surface area contributed by atoms with Crippen molar-refractivity contribution in [2.45, 2.75) is 32.7 Å². The SMILES string of the molecule is CC(C)N1CCC2=C(C1)N=CCC2=O. The quantitative estimate of drug-likeness (QED) is 0.629. The van der Waals surface area contributed by atoms with Crippen molar-refractivity contribution in [3.8, 4) is 0 Å². The monoisotopic (exact) mass is 192 g/mol. The molecule has 2 rings (SSSR count). The molecule has 2 aliphatic heterocycles. The van der Waals surface area contributed by atoms with E-state index in [0.717, 1.165) is 30.8 Å². The van der Waals surface area contributed by atoms with Crippen LogP contribution in [0.4, 0.5) is 0 Å². The summed E-state index contributed by atoms with van der Waals surface area (Å²) in [5.41, 5.74) is 1.98. The molecule has 2 aliphatic rings. The van der Waals surface area contributed by atoms with E-state index in [1.54, 1.807) is 6.21 Å². The number of nitrogens with zero attached hydrogens (tertiary/aromatic N) is 2.